The Bertz CT molecular complexity index is 681. The fourth-order valence-corrected chi connectivity index (χ4v) is 3.66. The molecule has 0 bridgehead atoms. The summed E-state index contributed by atoms with van der Waals surface area (Å²) in [6.07, 6.45) is 20.3. The van der Waals surface area contributed by atoms with E-state index in [1.165, 1.54) is 93.7 Å². The number of hydrogen-bond donors (Lipinski definition) is 0. The minimum atomic E-state index is 0.629. The van der Waals surface area contributed by atoms with E-state index in [0.717, 1.165) is 5.75 Å². The predicted molar refractivity (Wildman–Crippen MR) is 132 cm³/mol. The molecule has 2 aromatic carbocycles. The first-order valence-electron chi connectivity index (χ1n) is 12.3. The summed E-state index contributed by atoms with van der Waals surface area (Å²) in [7, 11) is 0. The first kappa shape index (κ1) is 24.3. The van der Waals surface area contributed by atoms with Crippen molar-refractivity contribution in [2.75, 3.05) is 0 Å². The Morgan fingerprint density at radius 3 is 1.93 bits per heavy atom. The standard InChI is InChI=1S/C29H42O/c1-3-5-7-9-10-12-14-15-26-17-19-28(20-18-26)25-30-29-23-21-27(22-24-29)16-13-11-8-6-4-2/h13,16-24H,3-12,14-15,25H2,1-2H3/b16-13+. The van der Waals surface area contributed by atoms with Crippen LogP contribution in [0.5, 0.6) is 5.75 Å². The highest BCUT2D eigenvalue weighted by atomic mass is 16.5. The Labute approximate surface area is 185 Å². The van der Waals surface area contributed by atoms with Gasteiger partial charge in [0, 0.05) is 0 Å². The van der Waals surface area contributed by atoms with Crippen LogP contribution in [-0.4, -0.2) is 0 Å². The molecule has 1 heteroatoms. The van der Waals surface area contributed by atoms with Gasteiger partial charge < -0.3 is 4.74 Å². The van der Waals surface area contributed by atoms with E-state index in [-0.39, 0.29) is 0 Å². The Morgan fingerprint density at radius 2 is 1.23 bits per heavy atom. The third-order valence-electron chi connectivity index (χ3n) is 5.66. The highest BCUT2D eigenvalue weighted by molar-refractivity contribution is 5.50. The van der Waals surface area contributed by atoms with Crippen molar-refractivity contribution in [2.45, 2.75) is 97.5 Å². The Morgan fingerprint density at radius 1 is 0.633 bits per heavy atom. The van der Waals surface area contributed by atoms with Crippen LogP contribution in [0, 0.1) is 0 Å². The van der Waals surface area contributed by atoms with Gasteiger partial charge in [0.15, 0.2) is 0 Å². The van der Waals surface area contributed by atoms with Crippen LogP contribution >= 0.6 is 0 Å². The molecule has 0 fully saturated rings. The average Bonchev–Trinajstić information content (AvgIpc) is 2.78. The van der Waals surface area contributed by atoms with E-state index in [4.69, 9.17) is 4.74 Å². The molecule has 0 aliphatic heterocycles. The van der Waals surface area contributed by atoms with Crippen LogP contribution in [0.3, 0.4) is 0 Å². The topological polar surface area (TPSA) is 9.23 Å². The maximum Gasteiger partial charge on any atom is 0.119 e. The molecule has 164 valence electrons. The number of rotatable bonds is 16. The fraction of sp³-hybridized carbons (Fsp3) is 0.517. The summed E-state index contributed by atoms with van der Waals surface area (Å²) in [5.74, 6) is 0.935. The monoisotopic (exact) mass is 406 g/mol. The van der Waals surface area contributed by atoms with Gasteiger partial charge in [-0.3, -0.25) is 0 Å². The van der Waals surface area contributed by atoms with E-state index in [2.05, 4.69) is 74.5 Å². The van der Waals surface area contributed by atoms with Gasteiger partial charge in [-0.2, -0.15) is 0 Å². The second kappa shape index (κ2) is 15.8. The second-order valence-electron chi connectivity index (χ2n) is 8.44. The van der Waals surface area contributed by atoms with Gasteiger partial charge in [-0.1, -0.05) is 114 Å². The molecule has 0 saturated carbocycles. The van der Waals surface area contributed by atoms with Crippen molar-refractivity contribution in [2.24, 2.45) is 0 Å². The lowest BCUT2D eigenvalue weighted by atomic mass is 10.0. The van der Waals surface area contributed by atoms with Gasteiger partial charge in [-0.25, -0.2) is 0 Å². The van der Waals surface area contributed by atoms with Crippen molar-refractivity contribution in [1.82, 2.24) is 0 Å². The lowest BCUT2D eigenvalue weighted by Crippen LogP contribution is -1.96. The normalized spacial score (nSPS) is 11.3. The van der Waals surface area contributed by atoms with Crippen molar-refractivity contribution in [3.05, 3.63) is 71.3 Å². The average molecular weight is 407 g/mol. The van der Waals surface area contributed by atoms with Gasteiger partial charge in [-0.05, 0) is 54.5 Å². The van der Waals surface area contributed by atoms with Crippen LogP contribution in [0.2, 0.25) is 0 Å². The molecule has 0 atom stereocenters. The van der Waals surface area contributed by atoms with E-state index in [0.29, 0.717) is 6.61 Å². The molecular formula is C29H42O. The summed E-state index contributed by atoms with van der Waals surface area (Å²) in [6, 6.07) is 17.4. The number of allylic oxidation sites excluding steroid dienone is 1. The van der Waals surface area contributed by atoms with Gasteiger partial charge in [-0.15, -0.1) is 0 Å². The first-order valence-corrected chi connectivity index (χ1v) is 12.3. The quantitative estimate of drug-likeness (QED) is 0.252. The van der Waals surface area contributed by atoms with E-state index in [1.807, 2.05) is 0 Å². The number of unbranched alkanes of at least 4 members (excludes halogenated alkanes) is 9. The fourth-order valence-electron chi connectivity index (χ4n) is 3.66. The third kappa shape index (κ3) is 10.7. The number of ether oxygens (including phenoxy) is 1. The molecule has 0 aromatic heterocycles. The number of hydrogen-bond acceptors (Lipinski definition) is 1. The van der Waals surface area contributed by atoms with Crippen LogP contribution in [-0.2, 0) is 13.0 Å². The van der Waals surface area contributed by atoms with Crippen LogP contribution in [0.15, 0.2) is 54.6 Å². The van der Waals surface area contributed by atoms with Crippen LogP contribution in [0.1, 0.15) is 101 Å². The molecule has 0 spiro atoms. The minimum absolute atomic E-state index is 0.629. The van der Waals surface area contributed by atoms with E-state index >= 15 is 0 Å². The van der Waals surface area contributed by atoms with Gasteiger partial charge in [0.2, 0.25) is 0 Å². The van der Waals surface area contributed by atoms with Crippen molar-refractivity contribution in [1.29, 1.82) is 0 Å². The summed E-state index contributed by atoms with van der Waals surface area (Å²) in [6.45, 7) is 5.15. The minimum Gasteiger partial charge on any atom is -0.489 e. The summed E-state index contributed by atoms with van der Waals surface area (Å²) in [5.41, 5.74) is 3.93. The maximum atomic E-state index is 5.97. The molecule has 0 unspecified atom stereocenters. The summed E-state index contributed by atoms with van der Waals surface area (Å²) in [4.78, 5) is 0. The maximum absolute atomic E-state index is 5.97. The second-order valence-corrected chi connectivity index (χ2v) is 8.44. The molecule has 2 rings (SSSR count). The molecule has 0 aliphatic carbocycles. The molecule has 2 aromatic rings. The molecule has 0 heterocycles. The lowest BCUT2D eigenvalue weighted by Gasteiger charge is -2.08. The van der Waals surface area contributed by atoms with Crippen molar-refractivity contribution in [3.63, 3.8) is 0 Å². The van der Waals surface area contributed by atoms with E-state index in [1.54, 1.807) is 0 Å². The van der Waals surface area contributed by atoms with Gasteiger partial charge in [0.25, 0.3) is 0 Å². The molecule has 0 amide bonds. The Balaban J connectivity index is 1.64. The highest BCUT2D eigenvalue weighted by Crippen LogP contribution is 2.17. The van der Waals surface area contributed by atoms with Crippen molar-refractivity contribution >= 4 is 6.08 Å². The smallest absolute Gasteiger partial charge is 0.119 e. The predicted octanol–water partition coefficient (Wildman–Crippen LogP) is 9.15. The number of benzene rings is 2. The van der Waals surface area contributed by atoms with Crippen LogP contribution in [0.4, 0.5) is 0 Å². The van der Waals surface area contributed by atoms with Gasteiger partial charge >= 0.3 is 0 Å². The zero-order chi connectivity index (χ0) is 21.3. The molecule has 1 nitrogen and oxygen atoms in total. The van der Waals surface area contributed by atoms with Gasteiger partial charge in [0.05, 0.1) is 0 Å². The Hall–Kier alpha value is -2.02. The summed E-state index contributed by atoms with van der Waals surface area (Å²) < 4.78 is 5.97. The zero-order valence-electron chi connectivity index (χ0n) is 19.4. The largest absolute Gasteiger partial charge is 0.489 e. The van der Waals surface area contributed by atoms with Crippen molar-refractivity contribution in [3.8, 4) is 5.75 Å². The molecule has 0 aliphatic rings. The van der Waals surface area contributed by atoms with Crippen LogP contribution in [0.25, 0.3) is 6.08 Å². The molecular weight excluding hydrogens is 364 g/mol. The van der Waals surface area contributed by atoms with Crippen molar-refractivity contribution < 1.29 is 4.74 Å². The summed E-state index contributed by atoms with van der Waals surface area (Å²) in [5, 5.41) is 0. The molecule has 0 N–H and O–H groups in total. The Kier molecular flexibility index (Phi) is 12.7. The SMILES string of the molecule is CCCCC/C=C/c1ccc(OCc2ccc(CCCCCCCCC)cc2)cc1. The summed E-state index contributed by atoms with van der Waals surface area (Å²) >= 11 is 0. The molecule has 0 radical (unpaired) electrons. The van der Waals surface area contributed by atoms with E-state index < -0.39 is 0 Å². The van der Waals surface area contributed by atoms with E-state index in [9.17, 15) is 0 Å². The lowest BCUT2D eigenvalue weighted by molar-refractivity contribution is 0.306. The van der Waals surface area contributed by atoms with Gasteiger partial charge in [0.1, 0.15) is 12.4 Å². The zero-order valence-corrected chi connectivity index (χ0v) is 19.4. The first-order chi connectivity index (χ1) is 14.8. The van der Waals surface area contributed by atoms with Crippen LogP contribution < -0.4 is 4.74 Å². The molecule has 0 saturated heterocycles. The highest BCUT2D eigenvalue weighted by Gasteiger charge is 1.99. The third-order valence-corrected chi connectivity index (χ3v) is 5.66. The molecule has 30 heavy (non-hydrogen) atoms. The number of aryl methyl sites for hydroxylation is 1.